The predicted octanol–water partition coefficient (Wildman–Crippen LogP) is 2.79. The molecule has 1 aliphatic carbocycles. The second-order valence-corrected chi connectivity index (χ2v) is 5.51. The topological polar surface area (TPSA) is 74.2 Å². The molecule has 1 saturated carbocycles. The fraction of sp³-hybridized carbons (Fsp3) is 0.500. The molecule has 5 heteroatoms. The molecule has 1 aliphatic rings. The predicted molar refractivity (Wildman–Crippen MR) is 78.8 cm³/mol. The molecule has 2 N–H and O–H groups in total. The van der Waals surface area contributed by atoms with Crippen molar-refractivity contribution in [1.82, 2.24) is 10.1 Å². The molecule has 0 aliphatic heterocycles. The van der Waals surface area contributed by atoms with Gasteiger partial charge in [0, 0.05) is 18.6 Å². The Bertz CT molecular complexity index is 570. The van der Waals surface area contributed by atoms with Gasteiger partial charge in [-0.25, -0.2) is 0 Å². The van der Waals surface area contributed by atoms with Gasteiger partial charge in [-0.05, 0) is 31.7 Å². The Kier molecular flexibility index (Phi) is 4.31. The normalized spacial score (nSPS) is 23.3. The van der Waals surface area contributed by atoms with E-state index in [1.165, 1.54) is 0 Å². The van der Waals surface area contributed by atoms with Crippen LogP contribution < -0.4 is 5.73 Å². The van der Waals surface area contributed by atoms with Crippen LogP contribution in [-0.2, 0) is 4.74 Å². The van der Waals surface area contributed by atoms with E-state index in [1.807, 2.05) is 37.3 Å². The number of aromatic nitrogens is 2. The number of hydrogen-bond donors (Lipinski definition) is 1. The minimum atomic E-state index is -0.274. The van der Waals surface area contributed by atoms with Crippen LogP contribution in [0.4, 0.5) is 0 Å². The maximum Gasteiger partial charge on any atom is 0.229 e. The highest BCUT2D eigenvalue weighted by Gasteiger charge is 2.29. The molecule has 0 spiro atoms. The Morgan fingerprint density at radius 2 is 2.14 bits per heavy atom. The van der Waals surface area contributed by atoms with E-state index in [4.69, 9.17) is 15.0 Å². The highest BCUT2D eigenvalue weighted by atomic mass is 16.5. The van der Waals surface area contributed by atoms with Crippen LogP contribution in [0.1, 0.15) is 55.5 Å². The lowest BCUT2D eigenvalue weighted by Crippen LogP contribution is -2.14. The summed E-state index contributed by atoms with van der Waals surface area (Å²) in [6.07, 6.45) is 2.69. The quantitative estimate of drug-likeness (QED) is 0.915. The van der Waals surface area contributed by atoms with Gasteiger partial charge in [-0.15, -0.1) is 0 Å². The average molecular weight is 287 g/mol. The fourth-order valence-electron chi connectivity index (χ4n) is 2.87. The Morgan fingerprint density at radius 3 is 2.81 bits per heavy atom. The summed E-state index contributed by atoms with van der Waals surface area (Å²) in [6, 6.07) is 10.2. The van der Waals surface area contributed by atoms with Crippen LogP contribution in [-0.4, -0.2) is 22.8 Å². The van der Waals surface area contributed by atoms with E-state index in [0.717, 1.165) is 24.8 Å². The molecule has 3 atom stereocenters. The van der Waals surface area contributed by atoms with Crippen LogP contribution in [0.25, 0.3) is 0 Å². The van der Waals surface area contributed by atoms with Crippen molar-refractivity contribution in [2.24, 2.45) is 5.73 Å². The highest BCUT2D eigenvalue weighted by Crippen LogP contribution is 2.33. The van der Waals surface area contributed by atoms with E-state index in [-0.39, 0.29) is 12.1 Å². The van der Waals surface area contributed by atoms with Crippen molar-refractivity contribution in [3.63, 3.8) is 0 Å². The van der Waals surface area contributed by atoms with Crippen molar-refractivity contribution in [3.8, 4) is 0 Å². The van der Waals surface area contributed by atoms with Gasteiger partial charge in [0.1, 0.15) is 6.10 Å². The van der Waals surface area contributed by atoms with Gasteiger partial charge in [-0.3, -0.25) is 0 Å². The molecule has 1 aromatic heterocycles. The third kappa shape index (κ3) is 3.14. The number of benzene rings is 1. The van der Waals surface area contributed by atoms with Crippen LogP contribution in [0.5, 0.6) is 0 Å². The van der Waals surface area contributed by atoms with Gasteiger partial charge >= 0.3 is 0 Å². The van der Waals surface area contributed by atoms with Crippen molar-refractivity contribution >= 4 is 0 Å². The molecule has 1 fully saturated rings. The van der Waals surface area contributed by atoms with Gasteiger partial charge in [-0.1, -0.05) is 35.5 Å². The van der Waals surface area contributed by atoms with E-state index in [2.05, 4.69) is 10.1 Å². The summed E-state index contributed by atoms with van der Waals surface area (Å²) in [6.45, 7) is 2.56. The number of ether oxygens (including phenoxy) is 1. The molecule has 5 nitrogen and oxygen atoms in total. The Hall–Kier alpha value is -1.72. The number of hydrogen-bond acceptors (Lipinski definition) is 5. The molecular formula is C16H21N3O2. The standard InChI is InChI=1S/C16H21N3O2/c1-2-20-14(11-6-4-3-5-7-11)15-18-16(21-19-15)12-8-9-13(17)10-12/h3-7,12-14H,2,8-10,17H2,1H3. The Balaban J connectivity index is 1.82. The minimum Gasteiger partial charge on any atom is -0.366 e. The molecule has 0 bridgehead atoms. The molecule has 0 amide bonds. The number of rotatable bonds is 5. The number of nitrogens with two attached hydrogens (primary N) is 1. The maximum atomic E-state index is 5.95. The van der Waals surface area contributed by atoms with E-state index in [0.29, 0.717) is 24.2 Å². The zero-order valence-electron chi connectivity index (χ0n) is 12.2. The van der Waals surface area contributed by atoms with Crippen molar-refractivity contribution in [2.45, 2.75) is 44.2 Å². The van der Waals surface area contributed by atoms with Gasteiger partial charge in [-0.2, -0.15) is 4.98 Å². The lowest BCUT2D eigenvalue weighted by atomic mass is 10.1. The van der Waals surface area contributed by atoms with Crippen LogP contribution in [0, 0.1) is 0 Å². The molecule has 0 radical (unpaired) electrons. The number of nitrogens with zero attached hydrogens (tertiary/aromatic N) is 2. The van der Waals surface area contributed by atoms with Gasteiger partial charge in [0.05, 0.1) is 0 Å². The molecule has 3 rings (SSSR count). The summed E-state index contributed by atoms with van der Waals surface area (Å²) in [5.74, 6) is 1.58. The SMILES string of the molecule is CCOC(c1ccccc1)c1noc(C2CCC(N)C2)n1. The summed E-state index contributed by atoms with van der Waals surface area (Å²) in [5, 5.41) is 4.13. The first kappa shape index (κ1) is 14.2. The first-order valence-electron chi connectivity index (χ1n) is 7.53. The Morgan fingerprint density at radius 1 is 1.33 bits per heavy atom. The lowest BCUT2D eigenvalue weighted by molar-refractivity contribution is 0.0833. The summed E-state index contributed by atoms with van der Waals surface area (Å²) in [7, 11) is 0. The Labute approximate surface area is 124 Å². The van der Waals surface area contributed by atoms with Crippen LogP contribution in [0.3, 0.4) is 0 Å². The van der Waals surface area contributed by atoms with Crippen molar-refractivity contribution in [2.75, 3.05) is 6.61 Å². The van der Waals surface area contributed by atoms with Crippen molar-refractivity contribution < 1.29 is 9.26 Å². The zero-order chi connectivity index (χ0) is 14.7. The third-order valence-electron chi connectivity index (χ3n) is 3.95. The lowest BCUT2D eigenvalue weighted by Gasteiger charge is -2.13. The second-order valence-electron chi connectivity index (χ2n) is 5.51. The molecule has 3 unspecified atom stereocenters. The summed E-state index contributed by atoms with van der Waals surface area (Å²) in [4.78, 5) is 4.56. The van der Waals surface area contributed by atoms with E-state index in [9.17, 15) is 0 Å². The van der Waals surface area contributed by atoms with E-state index in [1.54, 1.807) is 0 Å². The van der Waals surface area contributed by atoms with Crippen LogP contribution in [0.2, 0.25) is 0 Å². The maximum absolute atomic E-state index is 5.95. The second kappa shape index (κ2) is 6.37. The smallest absolute Gasteiger partial charge is 0.229 e. The third-order valence-corrected chi connectivity index (χ3v) is 3.95. The molecular weight excluding hydrogens is 266 g/mol. The molecule has 21 heavy (non-hydrogen) atoms. The molecule has 1 heterocycles. The van der Waals surface area contributed by atoms with Crippen molar-refractivity contribution in [3.05, 3.63) is 47.6 Å². The van der Waals surface area contributed by atoms with Gasteiger partial charge in [0.2, 0.25) is 11.7 Å². The molecule has 112 valence electrons. The largest absolute Gasteiger partial charge is 0.366 e. The zero-order valence-corrected chi connectivity index (χ0v) is 12.2. The highest BCUT2D eigenvalue weighted by molar-refractivity contribution is 5.22. The van der Waals surface area contributed by atoms with E-state index < -0.39 is 0 Å². The molecule has 1 aromatic carbocycles. The minimum absolute atomic E-state index is 0.252. The summed E-state index contributed by atoms with van der Waals surface area (Å²) in [5.41, 5.74) is 6.99. The van der Waals surface area contributed by atoms with Gasteiger partial charge in [0.15, 0.2) is 0 Å². The monoisotopic (exact) mass is 287 g/mol. The fourth-order valence-corrected chi connectivity index (χ4v) is 2.87. The first-order chi connectivity index (χ1) is 10.3. The van der Waals surface area contributed by atoms with Crippen molar-refractivity contribution in [1.29, 1.82) is 0 Å². The first-order valence-corrected chi connectivity index (χ1v) is 7.53. The molecule has 0 saturated heterocycles. The van der Waals surface area contributed by atoms with Gasteiger partial charge in [0.25, 0.3) is 0 Å². The summed E-state index contributed by atoms with van der Waals surface area (Å²) < 4.78 is 11.3. The van der Waals surface area contributed by atoms with Gasteiger partial charge < -0.3 is 15.0 Å². The average Bonchev–Trinajstić information content (AvgIpc) is 3.14. The van der Waals surface area contributed by atoms with Crippen LogP contribution >= 0.6 is 0 Å². The molecule has 2 aromatic rings. The summed E-state index contributed by atoms with van der Waals surface area (Å²) >= 11 is 0. The van der Waals surface area contributed by atoms with Crippen LogP contribution in [0.15, 0.2) is 34.9 Å². The van der Waals surface area contributed by atoms with E-state index >= 15 is 0 Å².